The maximum Gasteiger partial charge on any atom is 0.330 e. The van der Waals surface area contributed by atoms with Gasteiger partial charge in [-0.1, -0.05) is 13.0 Å². The highest BCUT2D eigenvalue weighted by molar-refractivity contribution is 5.85. The minimum absolute atomic E-state index is 0.105. The van der Waals surface area contributed by atoms with Gasteiger partial charge in [0.1, 0.15) is 0 Å². The van der Waals surface area contributed by atoms with Gasteiger partial charge in [0, 0.05) is 11.5 Å². The fourth-order valence-electron chi connectivity index (χ4n) is 0.577. The van der Waals surface area contributed by atoms with E-state index in [1.54, 1.807) is 13.0 Å². The van der Waals surface area contributed by atoms with E-state index in [0.717, 1.165) is 0 Å². The quantitative estimate of drug-likeness (QED) is 0.395. The lowest BCUT2D eigenvalue weighted by atomic mass is 10.1. The lowest BCUT2D eigenvalue weighted by molar-refractivity contribution is -0.132. The van der Waals surface area contributed by atoms with Crippen LogP contribution in [0, 0.1) is 5.92 Å². The second kappa shape index (κ2) is 4.10. The topological polar surface area (TPSA) is 89.3 Å². The Bertz CT molecular complexity index is 175. The highest BCUT2D eigenvalue weighted by Crippen LogP contribution is 2.03. The first kappa shape index (κ1) is 10.1. The number of carboxylic acid groups (broad SMARTS) is 1. The van der Waals surface area contributed by atoms with E-state index in [0.29, 0.717) is 0 Å². The van der Waals surface area contributed by atoms with Crippen LogP contribution in [0.1, 0.15) is 13.8 Å². The lowest BCUT2D eigenvalue weighted by Crippen LogP contribution is -2.36. The molecule has 5 N–H and O–H groups in total. The second-order valence-electron chi connectivity index (χ2n) is 2.59. The molecule has 0 bridgehead atoms. The van der Waals surface area contributed by atoms with Gasteiger partial charge in [-0.2, -0.15) is 0 Å². The van der Waals surface area contributed by atoms with Gasteiger partial charge >= 0.3 is 5.97 Å². The van der Waals surface area contributed by atoms with Gasteiger partial charge in [-0.3, -0.25) is 0 Å². The third-order valence-electron chi connectivity index (χ3n) is 1.46. The van der Waals surface area contributed by atoms with Crippen molar-refractivity contribution in [3.8, 4) is 0 Å². The van der Waals surface area contributed by atoms with Crippen molar-refractivity contribution >= 4 is 5.97 Å². The Morgan fingerprint density at radius 2 is 2.00 bits per heavy atom. The summed E-state index contributed by atoms with van der Waals surface area (Å²) in [7, 11) is 0. The predicted octanol–water partition coefficient (Wildman–Crippen LogP) is -0.103. The minimum Gasteiger partial charge on any atom is -0.478 e. The van der Waals surface area contributed by atoms with Gasteiger partial charge in [-0.15, -0.1) is 0 Å². The van der Waals surface area contributed by atoms with E-state index in [4.69, 9.17) is 16.6 Å². The number of hydrogen-bond acceptors (Lipinski definition) is 3. The standard InChI is InChI=1S/C7H14N2O2/c1-4(6(8)9)3-5(2)7(10)11/h3-4,6H,8-9H2,1-2H3,(H,10,11). The zero-order valence-corrected chi connectivity index (χ0v) is 6.74. The van der Waals surface area contributed by atoms with E-state index in [9.17, 15) is 4.79 Å². The molecule has 0 aliphatic carbocycles. The molecule has 0 saturated heterocycles. The number of carbonyl (C=O) groups is 1. The summed E-state index contributed by atoms with van der Waals surface area (Å²) in [6.45, 7) is 3.29. The van der Waals surface area contributed by atoms with Crippen LogP contribution < -0.4 is 11.5 Å². The normalized spacial score (nSPS) is 15.2. The van der Waals surface area contributed by atoms with Crippen molar-refractivity contribution in [2.24, 2.45) is 17.4 Å². The van der Waals surface area contributed by atoms with Gasteiger partial charge in [0.25, 0.3) is 0 Å². The van der Waals surface area contributed by atoms with Gasteiger partial charge in [-0.25, -0.2) is 4.79 Å². The number of nitrogens with two attached hydrogens (primary N) is 2. The van der Waals surface area contributed by atoms with Crippen molar-refractivity contribution in [1.29, 1.82) is 0 Å². The highest BCUT2D eigenvalue weighted by atomic mass is 16.4. The molecule has 0 heterocycles. The molecular formula is C7H14N2O2. The summed E-state index contributed by atoms with van der Waals surface area (Å²) in [5, 5.41) is 8.46. The fraction of sp³-hybridized carbons (Fsp3) is 0.571. The molecule has 0 amide bonds. The molecule has 0 aromatic heterocycles. The van der Waals surface area contributed by atoms with Gasteiger partial charge in [-0.05, 0) is 6.92 Å². The lowest BCUT2D eigenvalue weighted by Gasteiger charge is -2.10. The molecule has 1 atom stereocenters. The molecule has 0 fully saturated rings. The molecule has 1 unspecified atom stereocenters. The smallest absolute Gasteiger partial charge is 0.330 e. The van der Waals surface area contributed by atoms with E-state index in [1.807, 2.05) is 0 Å². The van der Waals surface area contributed by atoms with Crippen LogP contribution in [0.15, 0.2) is 11.6 Å². The van der Waals surface area contributed by atoms with Crippen LogP contribution in [0.3, 0.4) is 0 Å². The van der Waals surface area contributed by atoms with Crippen molar-refractivity contribution in [1.82, 2.24) is 0 Å². The third-order valence-corrected chi connectivity index (χ3v) is 1.46. The fourth-order valence-corrected chi connectivity index (χ4v) is 0.577. The van der Waals surface area contributed by atoms with Crippen LogP contribution in [-0.2, 0) is 4.79 Å². The maximum atomic E-state index is 10.3. The first-order chi connectivity index (χ1) is 4.95. The third kappa shape index (κ3) is 3.75. The molecule has 0 aromatic rings. The Morgan fingerprint density at radius 3 is 2.27 bits per heavy atom. The van der Waals surface area contributed by atoms with Crippen molar-refractivity contribution in [3.05, 3.63) is 11.6 Å². The van der Waals surface area contributed by atoms with Crippen LogP contribution in [0.25, 0.3) is 0 Å². The molecule has 0 spiro atoms. The molecule has 0 saturated carbocycles. The average molecular weight is 158 g/mol. The van der Waals surface area contributed by atoms with Gasteiger partial charge in [0.05, 0.1) is 6.17 Å². The Hall–Kier alpha value is -0.870. The van der Waals surface area contributed by atoms with E-state index in [-0.39, 0.29) is 11.5 Å². The first-order valence-corrected chi connectivity index (χ1v) is 3.38. The Labute approximate surface area is 65.9 Å². The van der Waals surface area contributed by atoms with Crippen LogP contribution in [0.2, 0.25) is 0 Å². The summed E-state index contributed by atoms with van der Waals surface area (Å²) >= 11 is 0. The number of aliphatic carboxylic acids is 1. The van der Waals surface area contributed by atoms with E-state index in [1.165, 1.54) is 6.92 Å². The predicted molar refractivity (Wildman–Crippen MR) is 42.7 cm³/mol. The Balaban J connectivity index is 4.19. The van der Waals surface area contributed by atoms with Crippen molar-refractivity contribution in [2.45, 2.75) is 20.0 Å². The van der Waals surface area contributed by atoms with Crippen LogP contribution in [-0.4, -0.2) is 17.2 Å². The minimum atomic E-state index is -0.933. The molecule has 11 heavy (non-hydrogen) atoms. The molecule has 0 aliphatic heterocycles. The SMILES string of the molecule is CC(=CC(C)C(N)N)C(=O)O. The van der Waals surface area contributed by atoms with Gasteiger partial charge in [0.15, 0.2) is 0 Å². The summed E-state index contributed by atoms with van der Waals surface area (Å²) < 4.78 is 0. The summed E-state index contributed by atoms with van der Waals surface area (Å²) in [5.74, 6) is -1.04. The highest BCUT2D eigenvalue weighted by Gasteiger charge is 2.07. The largest absolute Gasteiger partial charge is 0.478 e. The van der Waals surface area contributed by atoms with Gasteiger partial charge in [0.2, 0.25) is 0 Å². The molecular weight excluding hydrogens is 144 g/mol. The first-order valence-electron chi connectivity index (χ1n) is 3.38. The van der Waals surface area contributed by atoms with Crippen LogP contribution >= 0.6 is 0 Å². The Kier molecular flexibility index (Phi) is 3.78. The van der Waals surface area contributed by atoms with E-state index in [2.05, 4.69) is 0 Å². The van der Waals surface area contributed by atoms with Crippen molar-refractivity contribution in [3.63, 3.8) is 0 Å². The van der Waals surface area contributed by atoms with Crippen molar-refractivity contribution < 1.29 is 9.90 Å². The van der Waals surface area contributed by atoms with Crippen LogP contribution in [0.4, 0.5) is 0 Å². The molecule has 4 nitrogen and oxygen atoms in total. The Morgan fingerprint density at radius 1 is 1.55 bits per heavy atom. The molecule has 0 aromatic carbocycles. The molecule has 0 aliphatic rings. The molecule has 0 radical (unpaired) electrons. The van der Waals surface area contributed by atoms with Crippen molar-refractivity contribution in [2.75, 3.05) is 0 Å². The van der Waals surface area contributed by atoms with E-state index < -0.39 is 12.1 Å². The second-order valence-corrected chi connectivity index (χ2v) is 2.59. The molecule has 0 rings (SSSR count). The number of hydrogen-bond donors (Lipinski definition) is 3. The zero-order valence-electron chi connectivity index (χ0n) is 6.74. The summed E-state index contributed by atoms with van der Waals surface area (Å²) in [6, 6.07) is 0. The monoisotopic (exact) mass is 158 g/mol. The molecule has 4 heteroatoms. The summed E-state index contributed by atoms with van der Waals surface area (Å²) in [4.78, 5) is 10.3. The van der Waals surface area contributed by atoms with Crippen LogP contribution in [0.5, 0.6) is 0 Å². The zero-order chi connectivity index (χ0) is 9.02. The number of rotatable bonds is 3. The van der Waals surface area contributed by atoms with Gasteiger partial charge < -0.3 is 16.6 Å². The number of carboxylic acids is 1. The average Bonchev–Trinajstić information content (AvgIpc) is 1.87. The molecule has 64 valence electrons. The summed E-state index contributed by atoms with van der Waals surface area (Å²) in [6.07, 6.45) is 1.05. The van der Waals surface area contributed by atoms with E-state index >= 15 is 0 Å². The maximum absolute atomic E-state index is 10.3. The summed E-state index contributed by atoms with van der Waals surface area (Å²) in [5.41, 5.74) is 10.9.